The van der Waals surface area contributed by atoms with Crippen LogP contribution >= 0.6 is 11.3 Å². The Morgan fingerprint density at radius 3 is 2.83 bits per heavy atom. The van der Waals surface area contributed by atoms with Crippen molar-refractivity contribution < 1.29 is 9.90 Å². The summed E-state index contributed by atoms with van der Waals surface area (Å²) in [4.78, 5) is 16.8. The summed E-state index contributed by atoms with van der Waals surface area (Å²) in [5.41, 5.74) is 1.15. The van der Waals surface area contributed by atoms with Crippen molar-refractivity contribution in [1.29, 1.82) is 5.26 Å². The standard InChI is InChI=1S/C17H17N3O2S/c1-12(21)17-20-11-15(23-17)9-14(10-18)16(22)19-8-7-13-5-3-2-4-6-13/h2-6,9,11-12,21H,7-8H2,1H3,(H,19,22). The van der Waals surface area contributed by atoms with E-state index in [0.29, 0.717) is 22.9 Å². The predicted octanol–water partition coefficient (Wildman–Crippen LogP) is 2.46. The lowest BCUT2D eigenvalue weighted by Crippen LogP contribution is -2.26. The first-order chi connectivity index (χ1) is 11.1. The molecule has 2 rings (SSSR count). The zero-order valence-corrected chi connectivity index (χ0v) is 13.5. The van der Waals surface area contributed by atoms with Crippen molar-refractivity contribution in [3.05, 3.63) is 57.6 Å². The third-order valence-electron chi connectivity index (χ3n) is 3.09. The Labute approximate surface area is 138 Å². The maximum atomic E-state index is 12.0. The van der Waals surface area contributed by atoms with Crippen LogP contribution in [0, 0.1) is 11.3 Å². The van der Waals surface area contributed by atoms with Crippen molar-refractivity contribution in [2.75, 3.05) is 6.54 Å². The molecule has 0 spiro atoms. The summed E-state index contributed by atoms with van der Waals surface area (Å²) in [6, 6.07) is 11.7. The Balaban J connectivity index is 1.95. The lowest BCUT2D eigenvalue weighted by molar-refractivity contribution is -0.117. The molecular weight excluding hydrogens is 310 g/mol. The number of benzene rings is 1. The Morgan fingerprint density at radius 2 is 2.22 bits per heavy atom. The van der Waals surface area contributed by atoms with Gasteiger partial charge in [-0.25, -0.2) is 4.98 Å². The van der Waals surface area contributed by atoms with Gasteiger partial charge in [-0.3, -0.25) is 4.79 Å². The highest BCUT2D eigenvalue weighted by atomic mass is 32.1. The third kappa shape index (κ3) is 5.02. The second-order valence-corrected chi connectivity index (χ2v) is 6.03. The van der Waals surface area contributed by atoms with Crippen LogP contribution in [-0.4, -0.2) is 22.5 Å². The van der Waals surface area contributed by atoms with Gasteiger partial charge >= 0.3 is 0 Å². The Bertz CT molecular complexity index is 730. The summed E-state index contributed by atoms with van der Waals surface area (Å²) in [6.07, 6.45) is 3.08. The van der Waals surface area contributed by atoms with Crippen LogP contribution in [0.3, 0.4) is 0 Å². The van der Waals surface area contributed by atoms with Gasteiger partial charge in [-0.2, -0.15) is 5.26 Å². The molecule has 6 heteroatoms. The number of carbonyl (C=O) groups is 1. The van der Waals surface area contributed by atoms with Crippen molar-refractivity contribution >= 4 is 23.3 Å². The normalized spacial score (nSPS) is 12.5. The number of rotatable bonds is 6. The van der Waals surface area contributed by atoms with Gasteiger partial charge in [0.2, 0.25) is 0 Å². The van der Waals surface area contributed by atoms with E-state index in [4.69, 9.17) is 5.26 Å². The number of aliphatic hydroxyl groups is 1. The molecule has 0 fully saturated rings. The van der Waals surface area contributed by atoms with E-state index in [-0.39, 0.29) is 5.57 Å². The van der Waals surface area contributed by atoms with Crippen LogP contribution in [0.15, 0.2) is 42.1 Å². The van der Waals surface area contributed by atoms with Crippen molar-refractivity contribution in [3.63, 3.8) is 0 Å². The van der Waals surface area contributed by atoms with Crippen LogP contribution in [0.5, 0.6) is 0 Å². The molecule has 2 N–H and O–H groups in total. The highest BCUT2D eigenvalue weighted by Crippen LogP contribution is 2.21. The minimum Gasteiger partial charge on any atom is -0.386 e. The highest BCUT2D eigenvalue weighted by molar-refractivity contribution is 7.12. The molecule has 1 aromatic carbocycles. The molecule has 1 amide bonds. The smallest absolute Gasteiger partial charge is 0.261 e. The molecule has 1 aromatic heterocycles. The van der Waals surface area contributed by atoms with Crippen LogP contribution in [0.25, 0.3) is 6.08 Å². The van der Waals surface area contributed by atoms with Gasteiger partial charge in [-0.15, -0.1) is 11.3 Å². The fraction of sp³-hybridized carbons (Fsp3) is 0.235. The van der Waals surface area contributed by atoms with Crippen LogP contribution in [0.4, 0.5) is 0 Å². The summed E-state index contributed by atoms with van der Waals surface area (Å²) in [5, 5.41) is 21.9. The molecule has 0 saturated carbocycles. The van der Waals surface area contributed by atoms with E-state index >= 15 is 0 Å². The number of amides is 1. The van der Waals surface area contributed by atoms with E-state index in [0.717, 1.165) is 5.56 Å². The molecule has 0 bridgehead atoms. The van der Waals surface area contributed by atoms with Crippen LogP contribution in [-0.2, 0) is 11.2 Å². The second kappa shape index (κ2) is 8.22. The molecule has 0 aliphatic rings. The van der Waals surface area contributed by atoms with Gasteiger partial charge in [0.15, 0.2) is 0 Å². The number of aliphatic hydroxyl groups excluding tert-OH is 1. The van der Waals surface area contributed by atoms with E-state index in [1.165, 1.54) is 17.4 Å². The molecule has 5 nitrogen and oxygen atoms in total. The van der Waals surface area contributed by atoms with Crippen molar-refractivity contribution in [3.8, 4) is 6.07 Å². The maximum Gasteiger partial charge on any atom is 0.261 e. The molecule has 0 aliphatic carbocycles. The van der Waals surface area contributed by atoms with E-state index in [1.807, 2.05) is 36.4 Å². The first-order valence-corrected chi connectivity index (χ1v) is 7.99. The molecule has 1 heterocycles. The largest absolute Gasteiger partial charge is 0.386 e. The topological polar surface area (TPSA) is 86.0 Å². The van der Waals surface area contributed by atoms with Gasteiger partial charge in [0.25, 0.3) is 5.91 Å². The molecule has 0 radical (unpaired) electrons. The van der Waals surface area contributed by atoms with E-state index in [1.54, 1.807) is 13.1 Å². The number of nitriles is 1. The summed E-state index contributed by atoms with van der Waals surface area (Å²) in [7, 11) is 0. The predicted molar refractivity (Wildman–Crippen MR) is 89.5 cm³/mol. The van der Waals surface area contributed by atoms with E-state index in [9.17, 15) is 9.90 Å². The minimum absolute atomic E-state index is 0.0267. The molecular formula is C17H17N3O2S. The molecule has 0 saturated heterocycles. The highest BCUT2D eigenvalue weighted by Gasteiger charge is 2.11. The number of aromatic nitrogens is 1. The summed E-state index contributed by atoms with van der Waals surface area (Å²) in [5.74, 6) is -0.407. The zero-order chi connectivity index (χ0) is 16.7. The first kappa shape index (κ1) is 16.9. The van der Waals surface area contributed by atoms with Crippen LogP contribution in [0.1, 0.15) is 28.5 Å². The Kier molecular flexibility index (Phi) is 6.03. The lowest BCUT2D eigenvalue weighted by Gasteiger charge is -2.04. The summed E-state index contributed by atoms with van der Waals surface area (Å²) < 4.78 is 0. The Hall–Kier alpha value is -2.49. The monoisotopic (exact) mass is 327 g/mol. The number of hydrogen-bond acceptors (Lipinski definition) is 5. The molecule has 23 heavy (non-hydrogen) atoms. The maximum absolute atomic E-state index is 12.0. The number of nitrogens with one attached hydrogen (secondary N) is 1. The number of nitrogens with zero attached hydrogens (tertiary/aromatic N) is 2. The van der Waals surface area contributed by atoms with Crippen LogP contribution in [0.2, 0.25) is 0 Å². The third-order valence-corrected chi connectivity index (χ3v) is 4.21. The van der Waals surface area contributed by atoms with Gasteiger partial charge in [-0.1, -0.05) is 30.3 Å². The van der Waals surface area contributed by atoms with Gasteiger partial charge in [-0.05, 0) is 25.0 Å². The quantitative estimate of drug-likeness (QED) is 0.630. The first-order valence-electron chi connectivity index (χ1n) is 7.18. The zero-order valence-electron chi connectivity index (χ0n) is 12.7. The molecule has 0 aliphatic heterocycles. The Morgan fingerprint density at radius 1 is 1.48 bits per heavy atom. The molecule has 1 atom stereocenters. The van der Waals surface area contributed by atoms with Crippen LogP contribution < -0.4 is 5.32 Å². The van der Waals surface area contributed by atoms with Gasteiger partial charge < -0.3 is 10.4 Å². The summed E-state index contributed by atoms with van der Waals surface area (Å²) >= 11 is 1.25. The lowest BCUT2D eigenvalue weighted by atomic mass is 10.1. The summed E-state index contributed by atoms with van der Waals surface area (Å²) in [6.45, 7) is 2.08. The molecule has 1 unspecified atom stereocenters. The van der Waals surface area contributed by atoms with Crippen molar-refractivity contribution in [1.82, 2.24) is 10.3 Å². The van der Waals surface area contributed by atoms with Gasteiger partial charge in [0.1, 0.15) is 22.8 Å². The van der Waals surface area contributed by atoms with E-state index < -0.39 is 12.0 Å². The molecule has 2 aromatic rings. The average molecular weight is 327 g/mol. The van der Waals surface area contributed by atoms with Gasteiger partial charge in [0, 0.05) is 17.6 Å². The van der Waals surface area contributed by atoms with Crippen molar-refractivity contribution in [2.45, 2.75) is 19.4 Å². The average Bonchev–Trinajstić information content (AvgIpc) is 3.02. The number of hydrogen-bond donors (Lipinski definition) is 2. The van der Waals surface area contributed by atoms with Gasteiger partial charge in [0.05, 0.1) is 0 Å². The number of thiazole rings is 1. The fourth-order valence-electron chi connectivity index (χ4n) is 1.91. The second-order valence-electron chi connectivity index (χ2n) is 4.94. The number of carbonyl (C=O) groups excluding carboxylic acids is 1. The van der Waals surface area contributed by atoms with Crippen molar-refractivity contribution in [2.24, 2.45) is 0 Å². The minimum atomic E-state index is -0.660. The van der Waals surface area contributed by atoms with E-state index in [2.05, 4.69) is 10.3 Å². The fourth-order valence-corrected chi connectivity index (χ4v) is 2.71. The SMILES string of the molecule is CC(O)c1ncc(C=C(C#N)C(=O)NCCc2ccccc2)s1. The molecule has 118 valence electrons.